The summed E-state index contributed by atoms with van der Waals surface area (Å²) in [7, 11) is -3.58. The van der Waals surface area contributed by atoms with Crippen LogP contribution in [-0.4, -0.2) is 18.2 Å². The molecule has 1 aromatic heterocycles. The van der Waals surface area contributed by atoms with Gasteiger partial charge in [0.15, 0.2) is 9.84 Å². The van der Waals surface area contributed by atoms with E-state index in [1.165, 1.54) is 18.2 Å². The van der Waals surface area contributed by atoms with E-state index in [0.29, 0.717) is 28.6 Å². The fraction of sp³-hybridized carbons (Fsp3) is 0.308. The van der Waals surface area contributed by atoms with Gasteiger partial charge in [-0.05, 0) is 32.0 Å². The van der Waals surface area contributed by atoms with Crippen LogP contribution in [0.3, 0.4) is 0 Å². The number of nitrogens with two attached hydrogens (primary N) is 1. The molecule has 0 spiro atoms. The maximum Gasteiger partial charge on any atom is 0.184 e. The number of aromatic nitrogens is 2. The number of halogens is 2. The average Bonchev–Trinajstić information content (AvgIpc) is 2.69. The average molecular weight is 348 g/mol. The standard InChI is InChI=1S/C13H15Cl2N3O2S/c1-3-18-12(13(15)8(2)17-18)7-21(19,20)9-4-5-11(16)10(14)6-9/h4-6H,3,7,16H2,1-2H3. The van der Waals surface area contributed by atoms with E-state index in [2.05, 4.69) is 5.10 Å². The van der Waals surface area contributed by atoms with Gasteiger partial charge in [0.1, 0.15) is 0 Å². The molecule has 0 aliphatic heterocycles. The Bertz CT molecular complexity index is 785. The van der Waals surface area contributed by atoms with Crippen molar-refractivity contribution in [2.45, 2.75) is 31.0 Å². The lowest BCUT2D eigenvalue weighted by Gasteiger charge is -2.08. The lowest BCUT2D eigenvalue weighted by Crippen LogP contribution is -2.11. The van der Waals surface area contributed by atoms with Crippen molar-refractivity contribution in [1.29, 1.82) is 0 Å². The van der Waals surface area contributed by atoms with Crippen molar-refractivity contribution in [3.8, 4) is 0 Å². The Morgan fingerprint density at radius 3 is 2.57 bits per heavy atom. The van der Waals surface area contributed by atoms with Gasteiger partial charge in [0.05, 0.1) is 37.8 Å². The van der Waals surface area contributed by atoms with Gasteiger partial charge in [-0.2, -0.15) is 5.10 Å². The Morgan fingerprint density at radius 2 is 2.00 bits per heavy atom. The third kappa shape index (κ3) is 3.17. The Hall–Kier alpha value is -1.24. The molecule has 0 radical (unpaired) electrons. The van der Waals surface area contributed by atoms with Crippen LogP contribution < -0.4 is 5.73 Å². The Kier molecular flexibility index (Phi) is 4.51. The van der Waals surface area contributed by atoms with Gasteiger partial charge in [0.25, 0.3) is 0 Å². The smallest absolute Gasteiger partial charge is 0.184 e. The molecule has 21 heavy (non-hydrogen) atoms. The quantitative estimate of drug-likeness (QED) is 0.862. The first kappa shape index (κ1) is 16.1. The van der Waals surface area contributed by atoms with Crippen molar-refractivity contribution in [2.24, 2.45) is 0 Å². The van der Waals surface area contributed by atoms with Crippen LogP contribution in [0, 0.1) is 6.92 Å². The second-order valence-electron chi connectivity index (χ2n) is 4.60. The van der Waals surface area contributed by atoms with E-state index in [1.54, 1.807) is 11.6 Å². The Morgan fingerprint density at radius 1 is 1.33 bits per heavy atom. The molecular formula is C13H15Cl2N3O2S. The predicted octanol–water partition coefficient (Wildman–Crippen LogP) is 3.07. The molecule has 0 fully saturated rings. The van der Waals surface area contributed by atoms with Gasteiger partial charge in [-0.1, -0.05) is 23.2 Å². The number of benzene rings is 1. The fourth-order valence-corrected chi connectivity index (χ4v) is 3.89. The summed E-state index contributed by atoms with van der Waals surface area (Å²) in [6.07, 6.45) is 0. The number of sulfone groups is 1. The number of rotatable bonds is 4. The van der Waals surface area contributed by atoms with Crippen LogP contribution in [0.2, 0.25) is 10.0 Å². The molecule has 1 aromatic carbocycles. The van der Waals surface area contributed by atoms with Gasteiger partial charge in [-0.15, -0.1) is 0 Å². The van der Waals surface area contributed by atoms with Gasteiger partial charge < -0.3 is 5.73 Å². The van der Waals surface area contributed by atoms with Crippen molar-refractivity contribution < 1.29 is 8.42 Å². The highest BCUT2D eigenvalue weighted by Gasteiger charge is 2.22. The summed E-state index contributed by atoms with van der Waals surface area (Å²) < 4.78 is 26.6. The molecule has 0 unspecified atom stereocenters. The molecule has 0 saturated heterocycles. The van der Waals surface area contributed by atoms with Crippen LogP contribution in [0.15, 0.2) is 23.1 Å². The van der Waals surface area contributed by atoms with E-state index in [0.717, 1.165) is 0 Å². The number of aryl methyl sites for hydroxylation is 2. The summed E-state index contributed by atoms with van der Waals surface area (Å²) >= 11 is 12.0. The largest absolute Gasteiger partial charge is 0.398 e. The van der Waals surface area contributed by atoms with Gasteiger partial charge in [-0.25, -0.2) is 8.42 Å². The van der Waals surface area contributed by atoms with E-state index < -0.39 is 9.84 Å². The van der Waals surface area contributed by atoms with E-state index in [-0.39, 0.29) is 15.7 Å². The molecule has 0 amide bonds. The zero-order valence-corrected chi connectivity index (χ0v) is 13.9. The molecule has 0 atom stereocenters. The SMILES string of the molecule is CCn1nc(C)c(Cl)c1CS(=O)(=O)c1ccc(N)c(Cl)c1. The number of anilines is 1. The molecule has 0 aliphatic rings. The molecule has 2 N–H and O–H groups in total. The second-order valence-corrected chi connectivity index (χ2v) is 7.38. The van der Waals surface area contributed by atoms with Crippen LogP contribution in [0.1, 0.15) is 18.3 Å². The Balaban J connectivity index is 2.44. The zero-order chi connectivity index (χ0) is 15.8. The highest BCUT2D eigenvalue weighted by molar-refractivity contribution is 7.90. The second kappa shape index (κ2) is 5.87. The lowest BCUT2D eigenvalue weighted by molar-refractivity contribution is 0.585. The van der Waals surface area contributed by atoms with Crippen LogP contribution >= 0.6 is 23.2 Å². The lowest BCUT2D eigenvalue weighted by atomic mass is 10.3. The molecule has 2 aromatic rings. The Labute approximate surface area is 133 Å². The van der Waals surface area contributed by atoms with Crippen molar-refractivity contribution in [3.63, 3.8) is 0 Å². The first-order valence-corrected chi connectivity index (χ1v) is 8.66. The van der Waals surface area contributed by atoms with Gasteiger partial charge in [-0.3, -0.25) is 4.68 Å². The molecule has 8 heteroatoms. The summed E-state index contributed by atoms with van der Waals surface area (Å²) in [6, 6.07) is 4.25. The zero-order valence-electron chi connectivity index (χ0n) is 11.6. The van der Waals surface area contributed by atoms with Gasteiger partial charge >= 0.3 is 0 Å². The molecule has 1 heterocycles. The third-order valence-corrected chi connectivity index (χ3v) is 5.56. The van der Waals surface area contributed by atoms with Crippen molar-refractivity contribution in [1.82, 2.24) is 9.78 Å². The third-order valence-electron chi connectivity index (χ3n) is 3.11. The first-order valence-electron chi connectivity index (χ1n) is 6.25. The van der Waals surface area contributed by atoms with Crippen LogP contribution in [0.4, 0.5) is 5.69 Å². The number of hydrogen-bond donors (Lipinski definition) is 1. The maximum absolute atomic E-state index is 12.5. The summed E-state index contributed by atoms with van der Waals surface area (Å²) in [4.78, 5) is 0.110. The predicted molar refractivity (Wildman–Crippen MR) is 84.4 cm³/mol. The fourth-order valence-electron chi connectivity index (χ4n) is 1.97. The highest BCUT2D eigenvalue weighted by Crippen LogP contribution is 2.28. The van der Waals surface area contributed by atoms with E-state index in [9.17, 15) is 8.42 Å². The number of nitrogens with zero attached hydrogens (tertiary/aromatic N) is 2. The number of hydrogen-bond acceptors (Lipinski definition) is 4. The summed E-state index contributed by atoms with van der Waals surface area (Å²) in [5.41, 5.74) is 7.02. The maximum atomic E-state index is 12.5. The van der Waals surface area contributed by atoms with E-state index in [1.807, 2.05) is 6.92 Å². The van der Waals surface area contributed by atoms with E-state index >= 15 is 0 Å². The van der Waals surface area contributed by atoms with E-state index in [4.69, 9.17) is 28.9 Å². The normalized spacial score (nSPS) is 11.8. The van der Waals surface area contributed by atoms with Crippen molar-refractivity contribution in [3.05, 3.63) is 39.6 Å². The first-order chi connectivity index (χ1) is 9.76. The number of nitrogen functional groups attached to an aromatic ring is 1. The minimum atomic E-state index is -3.58. The molecule has 5 nitrogen and oxygen atoms in total. The minimum Gasteiger partial charge on any atom is -0.398 e. The summed E-state index contributed by atoms with van der Waals surface area (Å²) in [5.74, 6) is -0.235. The van der Waals surface area contributed by atoms with Crippen molar-refractivity contribution in [2.75, 3.05) is 5.73 Å². The van der Waals surface area contributed by atoms with Crippen LogP contribution in [0.5, 0.6) is 0 Å². The highest BCUT2D eigenvalue weighted by atomic mass is 35.5. The molecular weight excluding hydrogens is 333 g/mol. The monoisotopic (exact) mass is 347 g/mol. The summed E-state index contributed by atoms with van der Waals surface area (Å²) in [6.45, 7) is 4.16. The molecule has 114 valence electrons. The van der Waals surface area contributed by atoms with Gasteiger partial charge in [0, 0.05) is 6.54 Å². The van der Waals surface area contributed by atoms with Crippen LogP contribution in [0.25, 0.3) is 0 Å². The molecule has 0 bridgehead atoms. The molecule has 0 saturated carbocycles. The molecule has 2 rings (SSSR count). The van der Waals surface area contributed by atoms with Gasteiger partial charge in [0.2, 0.25) is 0 Å². The minimum absolute atomic E-state index is 0.110. The van der Waals surface area contributed by atoms with Crippen LogP contribution in [-0.2, 0) is 22.1 Å². The molecule has 0 aliphatic carbocycles. The van der Waals surface area contributed by atoms with Crippen molar-refractivity contribution >= 4 is 38.7 Å². The summed E-state index contributed by atoms with van der Waals surface area (Å²) in [5, 5.41) is 4.80. The topological polar surface area (TPSA) is 78.0 Å².